The van der Waals surface area contributed by atoms with Crippen LogP contribution in [-0.2, 0) is 23.9 Å². The third kappa shape index (κ3) is 15.5. The Hall–Kier alpha value is -4.97. The number of nitrogens with one attached hydrogen (secondary N) is 2. The number of aromatic carboxylic acids is 1. The maximum Gasteiger partial charge on any atom is 0.340 e. The number of ketones is 1. The number of esters is 1. The number of fused-ring (bicyclic) bond motifs is 1. The molecule has 0 aliphatic carbocycles. The van der Waals surface area contributed by atoms with Crippen molar-refractivity contribution in [1.82, 2.24) is 10.6 Å². The van der Waals surface area contributed by atoms with Crippen molar-refractivity contribution < 1.29 is 48.5 Å². The molecule has 3 rings (SSSR count). The summed E-state index contributed by atoms with van der Waals surface area (Å²) >= 11 is 5.93. The summed E-state index contributed by atoms with van der Waals surface area (Å²) in [5, 5.41) is 24.1. The highest BCUT2D eigenvalue weighted by Gasteiger charge is 2.25. The van der Waals surface area contributed by atoms with Crippen LogP contribution in [0.15, 0.2) is 54.6 Å². The fourth-order valence-corrected chi connectivity index (χ4v) is 4.01. The molecule has 0 aromatic heterocycles. The van der Waals surface area contributed by atoms with Gasteiger partial charge in [0, 0.05) is 5.39 Å². The van der Waals surface area contributed by atoms with Crippen LogP contribution in [0.1, 0.15) is 74.2 Å². The molecule has 0 unspecified atom stereocenters. The number of halogens is 1. The lowest BCUT2D eigenvalue weighted by Crippen LogP contribution is -2.46. The Morgan fingerprint density at radius 3 is 2.10 bits per heavy atom. The summed E-state index contributed by atoms with van der Waals surface area (Å²) in [5.41, 5.74) is 0.849. The van der Waals surface area contributed by atoms with Crippen molar-refractivity contribution in [2.45, 2.75) is 60.9 Å². The SMILES string of the molecule is CC.CC(C)C.CCOc1c(C(=O)O)ccc2ccccc12.Cc1cccc(Cl)c1C(=O)OCC(=O)[C@H](CC(=O)O)NC(=O)CNC=O. The zero-order valence-corrected chi connectivity index (χ0v) is 29.1. The number of carbonyl (C=O) groups excluding carboxylic acids is 4. The molecule has 3 aromatic rings. The monoisotopic (exact) mass is 688 g/mol. The number of aliphatic carboxylic acids is 1. The minimum absolute atomic E-state index is 0.0935. The molecule has 13 heteroatoms. The molecule has 1 atom stereocenters. The maximum absolute atomic E-state index is 12.1. The molecule has 262 valence electrons. The summed E-state index contributed by atoms with van der Waals surface area (Å²) in [7, 11) is 0. The van der Waals surface area contributed by atoms with Gasteiger partial charge in [0.2, 0.25) is 12.3 Å². The van der Waals surface area contributed by atoms with Gasteiger partial charge in [-0.25, -0.2) is 9.59 Å². The fourth-order valence-electron chi connectivity index (χ4n) is 3.71. The summed E-state index contributed by atoms with van der Waals surface area (Å²) < 4.78 is 10.3. The highest BCUT2D eigenvalue weighted by Crippen LogP contribution is 2.30. The zero-order valence-electron chi connectivity index (χ0n) is 28.3. The summed E-state index contributed by atoms with van der Waals surface area (Å²) in [5.74, 6) is -3.43. The van der Waals surface area contributed by atoms with Crippen LogP contribution in [-0.4, -0.2) is 72.0 Å². The van der Waals surface area contributed by atoms with Crippen LogP contribution < -0.4 is 15.4 Å². The summed E-state index contributed by atoms with van der Waals surface area (Å²) in [6.07, 6.45) is -0.421. The van der Waals surface area contributed by atoms with Crippen LogP contribution >= 0.6 is 11.6 Å². The number of hydrogen-bond donors (Lipinski definition) is 4. The van der Waals surface area contributed by atoms with E-state index in [1.807, 2.05) is 45.0 Å². The van der Waals surface area contributed by atoms with E-state index in [0.29, 0.717) is 17.9 Å². The summed E-state index contributed by atoms with van der Waals surface area (Å²) in [4.78, 5) is 67.8. The lowest BCUT2D eigenvalue weighted by molar-refractivity contribution is -0.140. The maximum atomic E-state index is 12.1. The molecule has 0 aliphatic heterocycles. The molecule has 0 spiro atoms. The van der Waals surface area contributed by atoms with Crippen LogP contribution in [0.3, 0.4) is 0 Å². The normalized spacial score (nSPS) is 10.4. The predicted molar refractivity (Wildman–Crippen MR) is 184 cm³/mol. The Morgan fingerprint density at radius 1 is 0.938 bits per heavy atom. The zero-order chi connectivity index (χ0) is 36.8. The minimum atomic E-state index is -1.41. The van der Waals surface area contributed by atoms with Crippen molar-refractivity contribution in [2.75, 3.05) is 19.8 Å². The van der Waals surface area contributed by atoms with Crippen LogP contribution in [0, 0.1) is 12.8 Å². The number of amides is 2. The van der Waals surface area contributed by atoms with Crippen LogP contribution in [0.4, 0.5) is 0 Å². The second-order valence-electron chi connectivity index (χ2n) is 10.3. The van der Waals surface area contributed by atoms with Crippen molar-refractivity contribution >= 4 is 58.4 Å². The van der Waals surface area contributed by atoms with E-state index in [0.717, 1.165) is 16.7 Å². The number of carboxylic acids is 2. The lowest BCUT2D eigenvalue weighted by atomic mass is 10.1. The molecule has 3 aromatic carbocycles. The summed E-state index contributed by atoms with van der Waals surface area (Å²) in [6, 6.07) is 14.3. The van der Waals surface area contributed by atoms with E-state index in [-0.39, 0.29) is 22.6 Å². The minimum Gasteiger partial charge on any atom is -0.492 e. The van der Waals surface area contributed by atoms with Gasteiger partial charge in [0.15, 0.2) is 12.4 Å². The first-order chi connectivity index (χ1) is 22.7. The lowest BCUT2D eigenvalue weighted by Gasteiger charge is -2.16. The van der Waals surface area contributed by atoms with Crippen molar-refractivity contribution in [3.63, 3.8) is 0 Å². The van der Waals surface area contributed by atoms with Crippen LogP contribution in [0.2, 0.25) is 5.02 Å². The molecule has 0 radical (unpaired) electrons. The van der Waals surface area contributed by atoms with E-state index in [2.05, 4.69) is 31.4 Å². The van der Waals surface area contributed by atoms with Gasteiger partial charge in [-0.1, -0.05) is 88.7 Å². The number of Topliss-reactive ketones (excluding diaryl/α,β-unsaturated/α-hetero) is 1. The third-order valence-corrected chi connectivity index (χ3v) is 5.93. The van der Waals surface area contributed by atoms with Gasteiger partial charge in [0.1, 0.15) is 17.4 Å². The highest BCUT2D eigenvalue weighted by atomic mass is 35.5. The Labute approximate surface area is 285 Å². The molecule has 0 bridgehead atoms. The van der Waals surface area contributed by atoms with Crippen molar-refractivity contribution in [2.24, 2.45) is 5.92 Å². The van der Waals surface area contributed by atoms with Crippen molar-refractivity contribution in [1.29, 1.82) is 0 Å². The second-order valence-corrected chi connectivity index (χ2v) is 10.7. The van der Waals surface area contributed by atoms with E-state index in [4.69, 9.17) is 31.3 Å². The highest BCUT2D eigenvalue weighted by molar-refractivity contribution is 6.33. The molecule has 0 aliphatic rings. The standard InChI is InChI=1S/C16H17ClN2O7.C13H12O3.C4H10.C2H6/c1-9-3-2-4-10(17)15(9)16(25)26-7-12(21)11(5-14(23)24)19-13(22)6-18-8-20;1-2-16-12-10-6-4-3-5-9(10)7-8-11(12)13(14)15;1-4(2)3;1-2/h2-4,8,11H,5-7H2,1H3,(H,18,20)(H,19,22)(H,23,24);3-8H,2H2,1H3,(H,14,15);4H,1-3H3;1-2H3/t11-;;;/m0.../s1. The molecule has 4 N–H and O–H groups in total. The number of rotatable bonds is 13. The molecule has 0 saturated heterocycles. The number of carbonyl (C=O) groups is 6. The van der Waals surface area contributed by atoms with E-state index >= 15 is 0 Å². The number of aryl methyl sites for hydroxylation is 1. The summed E-state index contributed by atoms with van der Waals surface area (Å²) in [6.45, 7) is 13.3. The fraction of sp³-hybridized carbons (Fsp3) is 0.371. The van der Waals surface area contributed by atoms with Gasteiger partial charge in [-0.05, 0) is 42.8 Å². The Morgan fingerprint density at radius 2 is 1.56 bits per heavy atom. The average molecular weight is 689 g/mol. The number of ether oxygens (including phenoxy) is 2. The van der Waals surface area contributed by atoms with E-state index in [1.54, 1.807) is 31.2 Å². The third-order valence-electron chi connectivity index (χ3n) is 5.62. The first-order valence-electron chi connectivity index (χ1n) is 15.2. The topological polar surface area (TPSA) is 185 Å². The number of benzene rings is 3. The largest absolute Gasteiger partial charge is 0.492 e. The van der Waals surface area contributed by atoms with Gasteiger partial charge in [-0.15, -0.1) is 0 Å². The van der Waals surface area contributed by atoms with Gasteiger partial charge in [-0.2, -0.15) is 0 Å². The molecule has 0 saturated carbocycles. The molecule has 2 amide bonds. The predicted octanol–water partition coefficient (Wildman–Crippen LogP) is 5.71. The van der Waals surface area contributed by atoms with Crippen molar-refractivity contribution in [3.8, 4) is 5.75 Å². The van der Waals surface area contributed by atoms with E-state index in [1.165, 1.54) is 6.07 Å². The Kier molecular flexibility index (Phi) is 20.9. The van der Waals surface area contributed by atoms with Gasteiger partial charge in [0.25, 0.3) is 0 Å². The quantitative estimate of drug-likeness (QED) is 0.128. The molecule has 12 nitrogen and oxygen atoms in total. The average Bonchev–Trinajstić information content (AvgIpc) is 3.03. The Bertz CT molecular complexity index is 1500. The van der Waals surface area contributed by atoms with Crippen molar-refractivity contribution in [3.05, 3.63) is 76.3 Å². The number of carboxylic acid groups (broad SMARTS) is 2. The van der Waals surface area contributed by atoms with Gasteiger partial charge in [-0.3, -0.25) is 19.2 Å². The Balaban J connectivity index is 0.000000847. The first kappa shape index (κ1) is 43.0. The molecule has 0 fully saturated rings. The molecular weight excluding hydrogens is 644 g/mol. The number of hydrogen-bond acceptors (Lipinski definition) is 8. The first-order valence-corrected chi connectivity index (χ1v) is 15.6. The van der Waals surface area contributed by atoms with Gasteiger partial charge < -0.3 is 30.3 Å². The van der Waals surface area contributed by atoms with Crippen LogP contribution in [0.5, 0.6) is 5.75 Å². The molecular formula is C35H45ClN2O10. The molecule has 0 heterocycles. The van der Waals surface area contributed by atoms with Gasteiger partial charge in [0.05, 0.1) is 30.2 Å². The van der Waals surface area contributed by atoms with Crippen LogP contribution in [0.25, 0.3) is 10.8 Å². The second kappa shape index (κ2) is 23.4. The smallest absolute Gasteiger partial charge is 0.340 e. The van der Waals surface area contributed by atoms with E-state index < -0.39 is 55.2 Å². The molecule has 48 heavy (non-hydrogen) atoms. The van der Waals surface area contributed by atoms with E-state index in [9.17, 15) is 28.8 Å². The van der Waals surface area contributed by atoms with Gasteiger partial charge >= 0.3 is 17.9 Å².